The number of aromatic nitrogens is 1. The lowest BCUT2D eigenvalue weighted by Gasteiger charge is -2.17. The van der Waals surface area contributed by atoms with Crippen molar-refractivity contribution in [3.63, 3.8) is 0 Å². The average Bonchev–Trinajstić information content (AvgIpc) is 3.27. The Kier molecular flexibility index (Phi) is 4.65. The van der Waals surface area contributed by atoms with Gasteiger partial charge >= 0.3 is 5.97 Å². The first-order valence-electron chi connectivity index (χ1n) is 7.84. The van der Waals surface area contributed by atoms with Gasteiger partial charge in [0, 0.05) is 30.5 Å². The summed E-state index contributed by atoms with van der Waals surface area (Å²) in [4.78, 5) is 28.9. The maximum Gasteiger partial charge on any atom is 0.354 e. The fourth-order valence-corrected chi connectivity index (χ4v) is 2.51. The molecule has 1 aliphatic rings. The van der Waals surface area contributed by atoms with E-state index in [4.69, 9.17) is 4.74 Å². The minimum atomic E-state index is -0.443. The molecule has 0 unspecified atom stereocenters. The van der Waals surface area contributed by atoms with Crippen LogP contribution in [0.4, 0.5) is 11.4 Å². The summed E-state index contributed by atoms with van der Waals surface area (Å²) in [7, 11) is 0. The lowest BCUT2D eigenvalue weighted by Crippen LogP contribution is -2.18. The Morgan fingerprint density at radius 2 is 1.92 bits per heavy atom. The summed E-state index contributed by atoms with van der Waals surface area (Å²) in [6.07, 6.45) is 5.80. The molecule has 1 aromatic heterocycles. The van der Waals surface area contributed by atoms with Gasteiger partial charge in [0.15, 0.2) is 0 Å². The number of aromatic amines is 1. The number of nitrogens with zero attached hydrogens (tertiary/aromatic N) is 1. The molecule has 1 aromatic carbocycles. The number of hydrogen-bond donors (Lipinski definition) is 2. The van der Waals surface area contributed by atoms with Crippen molar-refractivity contribution in [1.82, 2.24) is 4.98 Å². The molecule has 0 saturated heterocycles. The van der Waals surface area contributed by atoms with Crippen LogP contribution in [0.3, 0.4) is 0 Å². The van der Waals surface area contributed by atoms with Crippen LogP contribution >= 0.6 is 0 Å². The molecular formula is C18H19N3O3. The second-order valence-electron chi connectivity index (χ2n) is 5.40. The molecular weight excluding hydrogens is 306 g/mol. The summed E-state index contributed by atoms with van der Waals surface area (Å²) < 4.78 is 4.90. The van der Waals surface area contributed by atoms with Crippen molar-refractivity contribution in [3.8, 4) is 0 Å². The van der Waals surface area contributed by atoms with Gasteiger partial charge in [0.25, 0.3) is 5.91 Å². The van der Waals surface area contributed by atoms with Gasteiger partial charge in [0.2, 0.25) is 0 Å². The van der Waals surface area contributed by atoms with Gasteiger partial charge in [-0.1, -0.05) is 12.2 Å². The Morgan fingerprint density at radius 3 is 2.58 bits per heavy atom. The number of benzene rings is 1. The summed E-state index contributed by atoms with van der Waals surface area (Å²) in [5, 5.41) is 2.76. The van der Waals surface area contributed by atoms with E-state index in [9.17, 15) is 9.59 Å². The molecule has 24 heavy (non-hydrogen) atoms. The number of carbonyl (C=O) groups excluding carboxylic acids is 2. The van der Waals surface area contributed by atoms with Gasteiger partial charge in [0.05, 0.1) is 12.3 Å². The molecule has 2 aromatic rings. The van der Waals surface area contributed by atoms with Crippen LogP contribution in [-0.2, 0) is 4.74 Å². The standard InChI is InChI=1S/C18H19N3O3/c1-2-24-18(23)16-11-14(12-19-16)20-17(22)13-5-7-15(8-6-13)21-9-3-4-10-21/h3-8,11-12,19H,2,9-10H2,1H3,(H,20,22). The molecule has 2 N–H and O–H groups in total. The van der Waals surface area contributed by atoms with Crippen molar-refractivity contribution in [2.45, 2.75) is 6.92 Å². The number of nitrogens with one attached hydrogen (secondary N) is 2. The van der Waals surface area contributed by atoms with Crippen LogP contribution in [0.5, 0.6) is 0 Å². The van der Waals surface area contributed by atoms with Crippen LogP contribution in [0, 0.1) is 0 Å². The van der Waals surface area contributed by atoms with E-state index in [1.165, 1.54) is 0 Å². The number of hydrogen-bond acceptors (Lipinski definition) is 4. The van der Waals surface area contributed by atoms with E-state index in [0.29, 0.717) is 23.6 Å². The van der Waals surface area contributed by atoms with Crippen LogP contribution in [0.1, 0.15) is 27.8 Å². The molecule has 0 saturated carbocycles. The van der Waals surface area contributed by atoms with E-state index in [-0.39, 0.29) is 5.91 Å². The van der Waals surface area contributed by atoms with Crippen LogP contribution in [0.2, 0.25) is 0 Å². The third kappa shape index (κ3) is 3.48. The number of amides is 1. The Bertz CT molecular complexity index is 754. The van der Waals surface area contributed by atoms with Crippen LogP contribution < -0.4 is 10.2 Å². The molecule has 0 fully saturated rings. The van der Waals surface area contributed by atoms with E-state index in [0.717, 1.165) is 18.8 Å². The van der Waals surface area contributed by atoms with Crippen molar-refractivity contribution in [3.05, 3.63) is 59.9 Å². The monoisotopic (exact) mass is 325 g/mol. The van der Waals surface area contributed by atoms with Crippen LogP contribution in [-0.4, -0.2) is 36.6 Å². The minimum Gasteiger partial charge on any atom is -0.461 e. The van der Waals surface area contributed by atoms with Crippen LogP contribution in [0.15, 0.2) is 48.7 Å². The van der Waals surface area contributed by atoms with E-state index >= 15 is 0 Å². The first kappa shape index (κ1) is 15.9. The Hall–Kier alpha value is -3.02. The zero-order chi connectivity index (χ0) is 16.9. The van der Waals surface area contributed by atoms with Crippen molar-refractivity contribution in [1.29, 1.82) is 0 Å². The maximum absolute atomic E-state index is 12.3. The minimum absolute atomic E-state index is 0.226. The third-order valence-corrected chi connectivity index (χ3v) is 3.75. The molecule has 3 rings (SSSR count). The molecule has 1 aliphatic heterocycles. The predicted molar refractivity (Wildman–Crippen MR) is 92.5 cm³/mol. The number of anilines is 2. The zero-order valence-corrected chi connectivity index (χ0v) is 13.4. The molecule has 6 heteroatoms. The second-order valence-corrected chi connectivity index (χ2v) is 5.40. The second kappa shape index (κ2) is 7.04. The topological polar surface area (TPSA) is 74.4 Å². The number of rotatable bonds is 5. The highest BCUT2D eigenvalue weighted by Gasteiger charge is 2.13. The molecule has 124 valence electrons. The molecule has 0 spiro atoms. The van der Waals surface area contributed by atoms with Gasteiger partial charge in [-0.25, -0.2) is 4.79 Å². The van der Waals surface area contributed by atoms with Gasteiger partial charge < -0.3 is 19.9 Å². The summed E-state index contributed by atoms with van der Waals surface area (Å²) in [6.45, 7) is 3.83. The van der Waals surface area contributed by atoms with Crippen molar-refractivity contribution in [2.75, 3.05) is 29.9 Å². The summed E-state index contributed by atoms with van der Waals surface area (Å²) in [5.41, 5.74) is 2.48. The number of carbonyl (C=O) groups is 2. The van der Waals surface area contributed by atoms with Crippen molar-refractivity contribution in [2.24, 2.45) is 0 Å². The third-order valence-electron chi connectivity index (χ3n) is 3.75. The summed E-state index contributed by atoms with van der Waals surface area (Å²) in [6, 6.07) is 9.01. The Labute approximate surface area is 140 Å². The van der Waals surface area contributed by atoms with Crippen molar-refractivity contribution >= 4 is 23.3 Å². The van der Waals surface area contributed by atoms with Gasteiger partial charge in [-0.3, -0.25) is 4.79 Å². The Balaban J connectivity index is 1.63. The fraction of sp³-hybridized carbons (Fsp3) is 0.222. The number of esters is 1. The highest BCUT2D eigenvalue weighted by atomic mass is 16.5. The van der Waals surface area contributed by atoms with Gasteiger partial charge in [-0.2, -0.15) is 0 Å². The number of H-pyrrole nitrogens is 1. The quantitative estimate of drug-likeness (QED) is 0.655. The largest absolute Gasteiger partial charge is 0.461 e. The number of ether oxygens (including phenoxy) is 1. The molecule has 0 bridgehead atoms. The van der Waals surface area contributed by atoms with E-state index in [1.54, 1.807) is 31.3 Å². The van der Waals surface area contributed by atoms with Gasteiger partial charge in [0.1, 0.15) is 5.69 Å². The Morgan fingerprint density at radius 1 is 1.21 bits per heavy atom. The summed E-state index contributed by atoms with van der Waals surface area (Å²) in [5.74, 6) is -0.669. The SMILES string of the molecule is CCOC(=O)c1cc(NC(=O)c2ccc(N3CC=CC3)cc2)c[nH]1. The normalized spacial score (nSPS) is 13.1. The lowest BCUT2D eigenvalue weighted by molar-refractivity contribution is 0.0520. The van der Waals surface area contributed by atoms with Crippen LogP contribution in [0.25, 0.3) is 0 Å². The first-order valence-corrected chi connectivity index (χ1v) is 7.84. The molecule has 1 amide bonds. The molecule has 0 radical (unpaired) electrons. The predicted octanol–water partition coefficient (Wildman–Crippen LogP) is 2.82. The highest BCUT2D eigenvalue weighted by molar-refractivity contribution is 6.05. The van der Waals surface area contributed by atoms with E-state index < -0.39 is 5.97 Å². The average molecular weight is 325 g/mol. The zero-order valence-electron chi connectivity index (χ0n) is 13.4. The first-order chi connectivity index (χ1) is 11.7. The maximum atomic E-state index is 12.3. The fourth-order valence-electron chi connectivity index (χ4n) is 2.51. The molecule has 0 atom stereocenters. The lowest BCUT2D eigenvalue weighted by atomic mass is 10.2. The highest BCUT2D eigenvalue weighted by Crippen LogP contribution is 2.18. The van der Waals surface area contributed by atoms with Crippen molar-refractivity contribution < 1.29 is 14.3 Å². The van der Waals surface area contributed by atoms with Gasteiger partial charge in [-0.05, 0) is 37.3 Å². The van der Waals surface area contributed by atoms with E-state index in [1.807, 2.05) is 12.1 Å². The molecule has 2 heterocycles. The smallest absolute Gasteiger partial charge is 0.354 e. The van der Waals surface area contributed by atoms with E-state index in [2.05, 4.69) is 27.4 Å². The summed E-state index contributed by atoms with van der Waals surface area (Å²) >= 11 is 0. The molecule has 6 nitrogen and oxygen atoms in total. The molecule has 0 aliphatic carbocycles. The van der Waals surface area contributed by atoms with Gasteiger partial charge in [-0.15, -0.1) is 0 Å².